The van der Waals surface area contributed by atoms with Crippen molar-refractivity contribution in [2.45, 2.75) is 329 Å². The minimum atomic E-state index is -0.781. The van der Waals surface area contributed by atoms with E-state index in [4.69, 9.17) is 14.2 Å². The average molecular weight is 982 g/mol. The van der Waals surface area contributed by atoms with Crippen molar-refractivity contribution in [3.8, 4) is 0 Å². The van der Waals surface area contributed by atoms with Crippen LogP contribution in [0.5, 0.6) is 0 Å². The Balaban J connectivity index is 4.30. The molecule has 0 rings (SSSR count). The Kier molecular flexibility index (Phi) is 56.7. The summed E-state index contributed by atoms with van der Waals surface area (Å²) in [4.78, 5) is 38.2. The molecule has 6 nitrogen and oxygen atoms in total. The lowest BCUT2D eigenvalue weighted by Gasteiger charge is -2.18. The molecular weight excluding hydrogens is 865 g/mol. The van der Waals surface area contributed by atoms with Crippen LogP contribution in [-0.4, -0.2) is 37.2 Å². The van der Waals surface area contributed by atoms with E-state index in [9.17, 15) is 14.4 Å². The van der Waals surface area contributed by atoms with E-state index in [1.54, 1.807) is 0 Å². The zero-order valence-corrected chi connectivity index (χ0v) is 46.8. The van der Waals surface area contributed by atoms with E-state index in [0.29, 0.717) is 19.3 Å². The minimum Gasteiger partial charge on any atom is -0.462 e. The van der Waals surface area contributed by atoms with Crippen LogP contribution in [0.3, 0.4) is 0 Å². The van der Waals surface area contributed by atoms with Crippen LogP contribution >= 0.6 is 0 Å². The highest BCUT2D eigenvalue weighted by Crippen LogP contribution is 2.17. The third-order valence-electron chi connectivity index (χ3n) is 13.5. The lowest BCUT2D eigenvalue weighted by Crippen LogP contribution is -2.30. The second kappa shape index (κ2) is 58.9. The van der Waals surface area contributed by atoms with Crippen LogP contribution < -0.4 is 0 Å². The van der Waals surface area contributed by atoms with E-state index in [2.05, 4.69) is 69.4 Å². The van der Waals surface area contributed by atoms with Gasteiger partial charge < -0.3 is 14.2 Å². The van der Waals surface area contributed by atoms with Crippen LogP contribution in [0.25, 0.3) is 0 Å². The molecule has 0 saturated carbocycles. The Morgan fingerprint density at radius 2 is 0.543 bits per heavy atom. The summed E-state index contributed by atoms with van der Waals surface area (Å²) in [7, 11) is 0. The van der Waals surface area contributed by atoms with Gasteiger partial charge in [0.2, 0.25) is 0 Å². The normalized spacial score (nSPS) is 12.3. The molecule has 0 aliphatic rings. The topological polar surface area (TPSA) is 78.9 Å². The van der Waals surface area contributed by atoms with Gasteiger partial charge in [-0.2, -0.15) is 0 Å². The maximum absolute atomic E-state index is 12.9. The fourth-order valence-electron chi connectivity index (χ4n) is 8.92. The summed E-state index contributed by atoms with van der Waals surface area (Å²) in [5.41, 5.74) is 0. The standard InChI is InChI=1S/C64H116O6/c1-4-7-10-13-16-19-22-25-27-29-30-31-32-33-35-36-39-42-45-48-51-54-57-63(66)69-60-61(59-68-62(65)56-53-50-47-44-41-38-24-21-18-15-12-9-6-3)70-64(67)58-55-52-49-46-43-40-37-34-28-26-23-20-17-14-11-8-5-2/h12,15,17,20-21,24,26,28,61H,4-11,13-14,16,18-19,22-23,25,27,29-60H2,1-3H3/b15-12-,20-17-,24-21-,28-26-. The quantitative estimate of drug-likeness (QED) is 0.0261. The molecule has 6 heteroatoms. The van der Waals surface area contributed by atoms with E-state index in [-0.39, 0.29) is 31.1 Å². The number of unbranched alkanes of at least 4 members (excludes halogenated alkanes) is 37. The Morgan fingerprint density at radius 1 is 0.286 bits per heavy atom. The summed E-state index contributed by atoms with van der Waals surface area (Å²) < 4.78 is 16.9. The second-order valence-corrected chi connectivity index (χ2v) is 20.6. The molecule has 0 N–H and O–H groups in total. The lowest BCUT2D eigenvalue weighted by molar-refractivity contribution is -0.167. The average Bonchev–Trinajstić information content (AvgIpc) is 3.36. The van der Waals surface area contributed by atoms with Gasteiger partial charge in [0.05, 0.1) is 0 Å². The van der Waals surface area contributed by atoms with Crippen molar-refractivity contribution in [1.82, 2.24) is 0 Å². The Hall–Kier alpha value is -2.63. The summed E-state index contributed by atoms with van der Waals surface area (Å²) in [6.45, 7) is 6.58. The van der Waals surface area contributed by atoms with Crippen molar-refractivity contribution in [2.75, 3.05) is 13.2 Å². The number of hydrogen-bond acceptors (Lipinski definition) is 6. The zero-order valence-electron chi connectivity index (χ0n) is 46.8. The fraction of sp³-hybridized carbons (Fsp3) is 0.828. The molecule has 0 aromatic carbocycles. The molecule has 0 amide bonds. The van der Waals surface area contributed by atoms with E-state index < -0.39 is 6.10 Å². The number of hydrogen-bond donors (Lipinski definition) is 0. The molecule has 0 heterocycles. The van der Waals surface area contributed by atoms with Crippen LogP contribution in [0.2, 0.25) is 0 Å². The summed E-state index contributed by atoms with van der Waals surface area (Å²) in [5.74, 6) is -0.883. The van der Waals surface area contributed by atoms with Gasteiger partial charge in [0, 0.05) is 19.3 Å². The summed E-state index contributed by atoms with van der Waals surface area (Å²) >= 11 is 0. The number of allylic oxidation sites excluding steroid dienone is 8. The summed E-state index contributed by atoms with van der Waals surface area (Å²) in [6, 6.07) is 0. The monoisotopic (exact) mass is 981 g/mol. The smallest absolute Gasteiger partial charge is 0.306 e. The minimum absolute atomic E-state index is 0.0778. The molecule has 70 heavy (non-hydrogen) atoms. The molecule has 1 unspecified atom stereocenters. The van der Waals surface area contributed by atoms with E-state index in [1.165, 1.54) is 186 Å². The van der Waals surface area contributed by atoms with Gasteiger partial charge in [-0.15, -0.1) is 0 Å². The molecule has 0 bridgehead atoms. The van der Waals surface area contributed by atoms with Crippen LogP contribution in [0.4, 0.5) is 0 Å². The first kappa shape index (κ1) is 67.4. The van der Waals surface area contributed by atoms with E-state index in [1.807, 2.05) is 0 Å². The second-order valence-electron chi connectivity index (χ2n) is 20.6. The molecule has 0 radical (unpaired) electrons. The number of rotatable bonds is 56. The van der Waals surface area contributed by atoms with Crippen molar-refractivity contribution in [3.05, 3.63) is 48.6 Å². The van der Waals surface area contributed by atoms with Crippen LogP contribution in [0.15, 0.2) is 48.6 Å². The van der Waals surface area contributed by atoms with Gasteiger partial charge in [0.25, 0.3) is 0 Å². The molecule has 0 spiro atoms. The molecule has 0 aromatic rings. The van der Waals surface area contributed by atoms with Gasteiger partial charge >= 0.3 is 17.9 Å². The van der Waals surface area contributed by atoms with Crippen molar-refractivity contribution in [3.63, 3.8) is 0 Å². The van der Waals surface area contributed by atoms with Crippen LogP contribution in [0, 0.1) is 0 Å². The predicted molar refractivity (Wildman–Crippen MR) is 302 cm³/mol. The molecule has 0 aliphatic heterocycles. The molecule has 408 valence electrons. The Morgan fingerprint density at radius 3 is 0.871 bits per heavy atom. The predicted octanol–water partition coefficient (Wildman–Crippen LogP) is 20.6. The van der Waals surface area contributed by atoms with Crippen molar-refractivity contribution in [2.24, 2.45) is 0 Å². The fourth-order valence-corrected chi connectivity index (χ4v) is 8.92. The van der Waals surface area contributed by atoms with Gasteiger partial charge in [-0.05, 0) is 77.0 Å². The Bertz CT molecular complexity index is 1220. The third-order valence-corrected chi connectivity index (χ3v) is 13.5. The van der Waals surface area contributed by atoms with Gasteiger partial charge in [-0.25, -0.2) is 0 Å². The maximum atomic E-state index is 12.9. The molecule has 0 aromatic heterocycles. The van der Waals surface area contributed by atoms with Gasteiger partial charge in [-0.1, -0.05) is 275 Å². The van der Waals surface area contributed by atoms with Crippen molar-refractivity contribution in [1.29, 1.82) is 0 Å². The van der Waals surface area contributed by atoms with Gasteiger partial charge in [-0.3, -0.25) is 14.4 Å². The van der Waals surface area contributed by atoms with E-state index in [0.717, 1.165) is 96.3 Å². The lowest BCUT2D eigenvalue weighted by atomic mass is 10.0. The summed E-state index contributed by atoms with van der Waals surface area (Å²) in [6.07, 6.45) is 72.5. The molecule has 1 atom stereocenters. The van der Waals surface area contributed by atoms with Crippen LogP contribution in [0.1, 0.15) is 323 Å². The zero-order chi connectivity index (χ0) is 50.7. The molecule has 0 aliphatic carbocycles. The highest BCUT2D eigenvalue weighted by atomic mass is 16.6. The van der Waals surface area contributed by atoms with Gasteiger partial charge in [0.15, 0.2) is 6.10 Å². The number of ether oxygens (including phenoxy) is 3. The van der Waals surface area contributed by atoms with E-state index >= 15 is 0 Å². The van der Waals surface area contributed by atoms with Gasteiger partial charge in [0.1, 0.15) is 13.2 Å². The van der Waals surface area contributed by atoms with Crippen molar-refractivity contribution < 1.29 is 28.6 Å². The number of carbonyl (C=O) groups is 3. The highest BCUT2D eigenvalue weighted by molar-refractivity contribution is 5.71. The first-order valence-electron chi connectivity index (χ1n) is 30.6. The molecule has 0 saturated heterocycles. The summed E-state index contributed by atoms with van der Waals surface area (Å²) in [5, 5.41) is 0. The van der Waals surface area contributed by atoms with Crippen LogP contribution in [-0.2, 0) is 28.6 Å². The SMILES string of the molecule is CCC/C=C\C/C=C\CCCCCCCC(=O)OCC(COC(=O)CCCCCCCCCCCCCCCCCCCCCCCC)OC(=O)CCCCCCCCC/C=C\C/C=C\CCCCC. The first-order valence-corrected chi connectivity index (χ1v) is 30.6. The van der Waals surface area contributed by atoms with Crippen molar-refractivity contribution >= 4 is 17.9 Å². The molecule has 0 fully saturated rings. The third kappa shape index (κ3) is 56.3. The highest BCUT2D eigenvalue weighted by Gasteiger charge is 2.19. The first-order chi connectivity index (χ1) is 34.5. The Labute approximate surface area is 435 Å². The largest absolute Gasteiger partial charge is 0.462 e. The molecular formula is C64H116O6. The maximum Gasteiger partial charge on any atom is 0.306 e. The number of carbonyl (C=O) groups excluding carboxylic acids is 3. The number of esters is 3.